The number of benzene rings is 2. The van der Waals surface area contributed by atoms with Crippen LogP contribution in [0.4, 0.5) is 10.5 Å². The number of ether oxygens (including phenoxy) is 2. The Balaban J connectivity index is 2.40. The maximum Gasteiger partial charge on any atom is 0.338 e. The molecule has 29 heavy (non-hydrogen) atoms. The number of nitro groups is 1. The molecule has 3 amide bonds. The first-order valence-corrected chi connectivity index (χ1v) is 8.54. The highest BCUT2D eigenvalue weighted by molar-refractivity contribution is 5.97. The number of amides is 3. The number of imide groups is 1. The van der Waals surface area contributed by atoms with Crippen LogP contribution in [0.15, 0.2) is 48.5 Å². The number of esters is 1. The van der Waals surface area contributed by atoms with Gasteiger partial charge in [-0.25, -0.2) is 9.59 Å². The topological polar surface area (TPSA) is 137 Å². The first kappa shape index (κ1) is 21.4. The van der Waals surface area contributed by atoms with Crippen molar-refractivity contribution in [3.8, 4) is 5.75 Å². The van der Waals surface area contributed by atoms with Crippen LogP contribution in [0.1, 0.15) is 28.9 Å². The van der Waals surface area contributed by atoms with E-state index in [1.165, 1.54) is 12.1 Å². The maximum atomic E-state index is 12.6. The lowest BCUT2D eigenvalue weighted by atomic mass is 10.1. The molecule has 0 fully saturated rings. The molecule has 0 spiro atoms. The zero-order valence-corrected chi connectivity index (χ0v) is 15.7. The lowest BCUT2D eigenvalue weighted by Gasteiger charge is -2.19. The third kappa shape index (κ3) is 5.51. The van der Waals surface area contributed by atoms with Gasteiger partial charge in [-0.15, -0.1) is 0 Å². The molecule has 2 N–H and O–H groups in total. The van der Waals surface area contributed by atoms with Crippen molar-refractivity contribution < 1.29 is 28.8 Å². The largest absolute Gasteiger partial charge is 0.469 e. The zero-order valence-electron chi connectivity index (χ0n) is 15.7. The summed E-state index contributed by atoms with van der Waals surface area (Å²) in [6.45, 7) is 1.98. The summed E-state index contributed by atoms with van der Waals surface area (Å²) in [6, 6.07) is 10.9. The zero-order chi connectivity index (χ0) is 21.4. The summed E-state index contributed by atoms with van der Waals surface area (Å²) in [6.07, 6.45) is -1.35. The molecule has 0 saturated heterocycles. The number of carbonyl (C=O) groups is 3. The molecule has 152 valence electrons. The first-order chi connectivity index (χ1) is 13.9. The molecule has 0 aliphatic rings. The summed E-state index contributed by atoms with van der Waals surface area (Å²) in [5.41, 5.74) is -0.199. The number of nitro benzene ring substituents is 1. The van der Waals surface area contributed by atoms with Crippen molar-refractivity contribution in [1.82, 2.24) is 10.6 Å². The van der Waals surface area contributed by atoms with Crippen molar-refractivity contribution in [1.29, 1.82) is 0 Å². The van der Waals surface area contributed by atoms with Crippen molar-refractivity contribution >= 4 is 23.6 Å². The van der Waals surface area contributed by atoms with Crippen LogP contribution >= 0.6 is 0 Å². The molecule has 2 rings (SSSR count). The van der Waals surface area contributed by atoms with Crippen LogP contribution in [0.25, 0.3) is 0 Å². The molecule has 0 aliphatic heterocycles. The van der Waals surface area contributed by atoms with Gasteiger partial charge in [0.25, 0.3) is 5.91 Å². The summed E-state index contributed by atoms with van der Waals surface area (Å²) >= 11 is 0. The summed E-state index contributed by atoms with van der Waals surface area (Å²) in [7, 11) is 1.15. The molecule has 0 saturated carbocycles. The van der Waals surface area contributed by atoms with E-state index in [1.807, 2.05) is 0 Å². The minimum absolute atomic E-state index is 0.0467. The Bertz CT molecular complexity index is 915. The Hall–Kier alpha value is -3.95. The summed E-state index contributed by atoms with van der Waals surface area (Å²) in [4.78, 5) is 46.6. The first-order valence-electron chi connectivity index (χ1n) is 8.54. The molecule has 0 aromatic heterocycles. The number of rotatable bonds is 7. The van der Waals surface area contributed by atoms with Crippen molar-refractivity contribution in [2.24, 2.45) is 0 Å². The van der Waals surface area contributed by atoms with Crippen LogP contribution in [0.5, 0.6) is 5.75 Å². The van der Waals surface area contributed by atoms with Crippen molar-refractivity contribution in [2.75, 3.05) is 13.7 Å². The number of urea groups is 1. The average molecular weight is 401 g/mol. The van der Waals surface area contributed by atoms with E-state index < -0.39 is 34.6 Å². The predicted molar refractivity (Wildman–Crippen MR) is 101 cm³/mol. The second-order valence-corrected chi connectivity index (χ2v) is 5.69. The van der Waals surface area contributed by atoms with Gasteiger partial charge >= 0.3 is 17.7 Å². The molecule has 2 aromatic carbocycles. The minimum atomic E-state index is -1.35. The lowest BCUT2D eigenvalue weighted by molar-refractivity contribution is -0.386. The Morgan fingerprint density at radius 2 is 1.83 bits per heavy atom. The molecule has 1 atom stereocenters. The number of hydrogen-bond acceptors (Lipinski definition) is 7. The van der Waals surface area contributed by atoms with Crippen molar-refractivity contribution in [3.05, 3.63) is 69.8 Å². The Morgan fingerprint density at radius 1 is 1.14 bits per heavy atom. The Morgan fingerprint density at radius 3 is 2.41 bits per heavy atom. The summed E-state index contributed by atoms with van der Waals surface area (Å²) in [5.74, 6) is -1.82. The third-order valence-electron chi connectivity index (χ3n) is 3.74. The molecule has 0 aliphatic carbocycles. The van der Waals surface area contributed by atoms with Gasteiger partial charge in [0.2, 0.25) is 6.10 Å². The highest BCUT2D eigenvalue weighted by Crippen LogP contribution is 2.32. The van der Waals surface area contributed by atoms with Gasteiger partial charge in [0.15, 0.2) is 5.75 Å². The molecule has 0 bridgehead atoms. The molecule has 10 heteroatoms. The second-order valence-electron chi connectivity index (χ2n) is 5.69. The standard InChI is InChI=1S/C19H19N3O7/c1-3-20-19(25)21-17(23)16(12-7-5-4-6-8-12)29-15-10-9-13(18(24)28-2)11-14(15)22(26)27/h4-11,16H,3H2,1-2H3,(H2,20,21,23,25)/t16-/m0/s1. The van der Waals surface area contributed by atoms with Crippen LogP contribution in [0.2, 0.25) is 0 Å². The molecular formula is C19H19N3O7. The molecule has 0 radical (unpaired) electrons. The van der Waals surface area contributed by atoms with E-state index in [-0.39, 0.29) is 11.3 Å². The van der Waals surface area contributed by atoms with Gasteiger partial charge in [0.05, 0.1) is 17.6 Å². The minimum Gasteiger partial charge on any atom is -0.469 e. The van der Waals surface area contributed by atoms with Crippen LogP contribution in [-0.4, -0.2) is 36.5 Å². The number of carbonyl (C=O) groups excluding carboxylic acids is 3. The van der Waals surface area contributed by atoms with Gasteiger partial charge in [-0.2, -0.15) is 0 Å². The molecule has 10 nitrogen and oxygen atoms in total. The van der Waals surface area contributed by atoms with Crippen LogP contribution in [0, 0.1) is 10.1 Å². The number of hydrogen-bond donors (Lipinski definition) is 2. The maximum absolute atomic E-state index is 12.6. The summed E-state index contributed by atoms with van der Waals surface area (Å²) < 4.78 is 10.2. The van der Waals surface area contributed by atoms with E-state index in [2.05, 4.69) is 15.4 Å². The fourth-order valence-electron chi connectivity index (χ4n) is 2.41. The van der Waals surface area contributed by atoms with Gasteiger partial charge in [-0.3, -0.25) is 20.2 Å². The highest BCUT2D eigenvalue weighted by atomic mass is 16.6. The third-order valence-corrected chi connectivity index (χ3v) is 3.74. The summed E-state index contributed by atoms with van der Waals surface area (Å²) in [5, 5.41) is 16.0. The van der Waals surface area contributed by atoms with Crippen LogP contribution in [0.3, 0.4) is 0 Å². The molecular weight excluding hydrogens is 382 g/mol. The van der Waals surface area contributed by atoms with Crippen molar-refractivity contribution in [2.45, 2.75) is 13.0 Å². The normalized spacial score (nSPS) is 11.1. The highest BCUT2D eigenvalue weighted by Gasteiger charge is 2.28. The fourth-order valence-corrected chi connectivity index (χ4v) is 2.41. The van der Waals surface area contributed by atoms with Gasteiger partial charge in [-0.05, 0) is 19.1 Å². The van der Waals surface area contributed by atoms with Gasteiger partial charge in [0.1, 0.15) is 0 Å². The van der Waals surface area contributed by atoms with Crippen LogP contribution in [-0.2, 0) is 9.53 Å². The van der Waals surface area contributed by atoms with E-state index in [9.17, 15) is 24.5 Å². The SMILES string of the molecule is CCNC(=O)NC(=O)[C@@H](Oc1ccc(C(=O)OC)cc1[N+](=O)[O-])c1ccccc1. The number of methoxy groups -OCH3 is 1. The predicted octanol–water partition coefficient (Wildman–Crippen LogP) is 2.35. The fraction of sp³-hybridized carbons (Fsp3) is 0.211. The average Bonchev–Trinajstić information content (AvgIpc) is 2.71. The van der Waals surface area contributed by atoms with E-state index in [4.69, 9.17) is 4.74 Å². The monoisotopic (exact) mass is 401 g/mol. The van der Waals surface area contributed by atoms with E-state index in [0.717, 1.165) is 13.2 Å². The smallest absolute Gasteiger partial charge is 0.338 e. The lowest BCUT2D eigenvalue weighted by Crippen LogP contribution is -2.42. The Labute approximate surface area is 166 Å². The quantitative estimate of drug-likeness (QED) is 0.413. The van der Waals surface area contributed by atoms with E-state index in [1.54, 1.807) is 37.3 Å². The van der Waals surface area contributed by atoms with Crippen LogP contribution < -0.4 is 15.4 Å². The van der Waals surface area contributed by atoms with Crippen molar-refractivity contribution in [3.63, 3.8) is 0 Å². The molecule has 0 unspecified atom stereocenters. The Kier molecular flexibility index (Phi) is 7.24. The van der Waals surface area contributed by atoms with Gasteiger partial charge in [-0.1, -0.05) is 30.3 Å². The van der Waals surface area contributed by atoms with Gasteiger partial charge in [0, 0.05) is 18.2 Å². The molecule has 2 aromatic rings. The molecule has 0 heterocycles. The number of nitrogens with zero attached hydrogens (tertiary/aromatic N) is 1. The van der Waals surface area contributed by atoms with E-state index >= 15 is 0 Å². The van der Waals surface area contributed by atoms with Gasteiger partial charge < -0.3 is 14.8 Å². The second kappa shape index (κ2) is 9.83. The van der Waals surface area contributed by atoms with E-state index in [0.29, 0.717) is 12.1 Å². The number of nitrogens with one attached hydrogen (secondary N) is 2.